The molecular weight excluding hydrogens is 320 g/mol. The van der Waals surface area contributed by atoms with Gasteiger partial charge in [0.05, 0.1) is 6.61 Å². The lowest BCUT2D eigenvalue weighted by atomic mass is 9.97. The number of likely N-dealkylation sites (tertiary alicyclic amines) is 1. The minimum Gasteiger partial charge on any atom is -0.464 e. The zero-order valence-electron chi connectivity index (χ0n) is 14.8. The van der Waals surface area contributed by atoms with Crippen LogP contribution in [0.4, 0.5) is 4.79 Å². The third-order valence-electron chi connectivity index (χ3n) is 4.62. The SMILES string of the molecule is CCc1ccc([C@@H](COC)NC(=O)N2CCC[C@@H](c3ncc[nH]3)C2)o1. The van der Waals surface area contributed by atoms with Crippen LogP contribution in [0.15, 0.2) is 28.9 Å². The molecule has 7 nitrogen and oxygen atoms in total. The number of H-pyrrole nitrogens is 1. The number of urea groups is 1. The number of nitrogens with zero attached hydrogens (tertiary/aromatic N) is 2. The van der Waals surface area contributed by atoms with Crippen molar-refractivity contribution in [1.29, 1.82) is 0 Å². The summed E-state index contributed by atoms with van der Waals surface area (Å²) in [6, 6.07) is 3.47. The first-order chi connectivity index (χ1) is 12.2. The number of nitrogens with one attached hydrogen (secondary N) is 2. The van der Waals surface area contributed by atoms with Crippen molar-refractivity contribution in [3.63, 3.8) is 0 Å². The number of piperidine rings is 1. The molecule has 0 aromatic carbocycles. The van der Waals surface area contributed by atoms with Crippen LogP contribution < -0.4 is 5.32 Å². The number of methoxy groups -OCH3 is 1. The van der Waals surface area contributed by atoms with Gasteiger partial charge >= 0.3 is 6.03 Å². The quantitative estimate of drug-likeness (QED) is 0.842. The normalized spacial score (nSPS) is 19.0. The molecule has 0 spiro atoms. The first-order valence-electron chi connectivity index (χ1n) is 8.83. The number of carbonyl (C=O) groups is 1. The number of amides is 2. The number of aromatic nitrogens is 2. The summed E-state index contributed by atoms with van der Waals surface area (Å²) < 4.78 is 11.0. The molecule has 0 aliphatic carbocycles. The highest BCUT2D eigenvalue weighted by atomic mass is 16.5. The predicted octanol–water partition coefficient (Wildman–Crippen LogP) is 2.84. The van der Waals surface area contributed by atoms with Crippen LogP contribution in [-0.2, 0) is 11.2 Å². The Morgan fingerprint density at radius 3 is 3.12 bits per heavy atom. The number of aryl methyl sites for hydroxylation is 1. The highest BCUT2D eigenvalue weighted by molar-refractivity contribution is 5.74. The third-order valence-corrected chi connectivity index (χ3v) is 4.62. The van der Waals surface area contributed by atoms with Gasteiger partial charge in [-0.1, -0.05) is 6.92 Å². The van der Waals surface area contributed by atoms with E-state index in [1.54, 1.807) is 13.3 Å². The Labute approximate surface area is 147 Å². The molecule has 0 unspecified atom stereocenters. The van der Waals surface area contributed by atoms with Gasteiger partial charge in [-0.3, -0.25) is 0 Å². The zero-order chi connectivity index (χ0) is 17.6. The maximum absolute atomic E-state index is 12.7. The van der Waals surface area contributed by atoms with Gasteiger partial charge in [-0.2, -0.15) is 0 Å². The summed E-state index contributed by atoms with van der Waals surface area (Å²) >= 11 is 0. The Hall–Kier alpha value is -2.28. The molecule has 2 aromatic heterocycles. The summed E-state index contributed by atoms with van der Waals surface area (Å²) in [7, 11) is 1.62. The topological polar surface area (TPSA) is 83.4 Å². The molecule has 2 aromatic rings. The fraction of sp³-hybridized carbons (Fsp3) is 0.556. The Kier molecular flexibility index (Phi) is 5.75. The Bertz CT molecular complexity index is 668. The largest absolute Gasteiger partial charge is 0.464 e. The number of hydrogen-bond acceptors (Lipinski definition) is 4. The fourth-order valence-electron chi connectivity index (χ4n) is 3.26. The molecule has 1 fully saturated rings. The van der Waals surface area contributed by atoms with Crippen molar-refractivity contribution in [2.45, 2.75) is 38.1 Å². The van der Waals surface area contributed by atoms with Crippen LogP contribution in [0.5, 0.6) is 0 Å². The van der Waals surface area contributed by atoms with E-state index in [2.05, 4.69) is 15.3 Å². The second kappa shape index (κ2) is 8.20. The van der Waals surface area contributed by atoms with E-state index in [0.29, 0.717) is 13.2 Å². The van der Waals surface area contributed by atoms with Gasteiger partial charge in [0, 0.05) is 44.9 Å². The van der Waals surface area contributed by atoms with Crippen LogP contribution in [0.2, 0.25) is 0 Å². The number of hydrogen-bond donors (Lipinski definition) is 2. The third kappa shape index (κ3) is 4.22. The molecule has 3 heterocycles. The summed E-state index contributed by atoms with van der Waals surface area (Å²) in [5, 5.41) is 3.04. The summed E-state index contributed by atoms with van der Waals surface area (Å²) in [6.07, 6.45) is 6.41. The van der Waals surface area contributed by atoms with E-state index < -0.39 is 0 Å². The van der Waals surface area contributed by atoms with Gasteiger partial charge in [0.1, 0.15) is 23.4 Å². The van der Waals surface area contributed by atoms with Crippen molar-refractivity contribution in [2.75, 3.05) is 26.8 Å². The first kappa shape index (κ1) is 17.5. The highest BCUT2D eigenvalue weighted by Gasteiger charge is 2.28. The minimum atomic E-state index is -0.290. The van der Waals surface area contributed by atoms with E-state index in [9.17, 15) is 4.79 Å². The molecule has 1 saturated heterocycles. The number of rotatable bonds is 6. The van der Waals surface area contributed by atoms with E-state index in [4.69, 9.17) is 9.15 Å². The van der Waals surface area contributed by atoms with Crippen LogP contribution in [0.25, 0.3) is 0 Å². The summed E-state index contributed by atoms with van der Waals surface area (Å²) in [5.74, 6) is 2.84. The molecule has 2 N–H and O–H groups in total. The summed E-state index contributed by atoms with van der Waals surface area (Å²) in [4.78, 5) is 22.1. The molecule has 1 aliphatic heterocycles. The van der Waals surface area contributed by atoms with E-state index in [1.165, 1.54) is 0 Å². The number of carbonyl (C=O) groups excluding carboxylic acids is 1. The Morgan fingerprint density at radius 1 is 1.56 bits per heavy atom. The van der Waals surface area contributed by atoms with E-state index in [1.807, 2.05) is 30.2 Å². The highest BCUT2D eigenvalue weighted by Crippen LogP contribution is 2.25. The monoisotopic (exact) mass is 346 g/mol. The van der Waals surface area contributed by atoms with Gasteiger partial charge in [0.25, 0.3) is 0 Å². The molecule has 1 aliphatic rings. The number of furan rings is 1. The standard InChI is InChI=1S/C18H26N4O3/c1-3-14-6-7-16(25-14)15(12-24-2)21-18(23)22-10-4-5-13(11-22)17-19-8-9-20-17/h6-9,13,15H,3-5,10-12H2,1-2H3,(H,19,20)(H,21,23)/t13-,15-/m1/s1. The average molecular weight is 346 g/mol. The van der Waals surface area contributed by atoms with Crippen LogP contribution in [0.3, 0.4) is 0 Å². The smallest absolute Gasteiger partial charge is 0.318 e. The lowest BCUT2D eigenvalue weighted by Gasteiger charge is -2.33. The minimum absolute atomic E-state index is 0.0900. The van der Waals surface area contributed by atoms with E-state index in [-0.39, 0.29) is 18.0 Å². The van der Waals surface area contributed by atoms with Crippen LogP contribution in [0.1, 0.15) is 49.1 Å². The predicted molar refractivity (Wildman–Crippen MR) is 93.4 cm³/mol. The molecular formula is C18H26N4O3. The Balaban J connectivity index is 1.64. The molecule has 7 heteroatoms. The van der Waals surface area contributed by atoms with Gasteiger partial charge in [0.2, 0.25) is 0 Å². The maximum atomic E-state index is 12.7. The molecule has 0 radical (unpaired) electrons. The van der Waals surface area contributed by atoms with Gasteiger partial charge in [-0.05, 0) is 25.0 Å². The first-order valence-corrected chi connectivity index (χ1v) is 8.83. The molecule has 3 rings (SSSR count). The van der Waals surface area contributed by atoms with Gasteiger partial charge in [0.15, 0.2) is 0 Å². The molecule has 2 amide bonds. The summed E-state index contributed by atoms with van der Waals surface area (Å²) in [6.45, 7) is 3.82. The van der Waals surface area contributed by atoms with Crippen molar-refractivity contribution >= 4 is 6.03 Å². The maximum Gasteiger partial charge on any atom is 0.318 e. The van der Waals surface area contributed by atoms with Gasteiger partial charge in [-0.25, -0.2) is 9.78 Å². The molecule has 136 valence electrons. The second-order valence-corrected chi connectivity index (χ2v) is 6.37. The van der Waals surface area contributed by atoms with Gasteiger partial charge < -0.3 is 24.4 Å². The van der Waals surface area contributed by atoms with Crippen molar-refractivity contribution in [1.82, 2.24) is 20.2 Å². The molecule has 25 heavy (non-hydrogen) atoms. The fourth-order valence-corrected chi connectivity index (χ4v) is 3.26. The van der Waals surface area contributed by atoms with E-state index in [0.717, 1.165) is 43.2 Å². The summed E-state index contributed by atoms with van der Waals surface area (Å²) in [5.41, 5.74) is 0. The van der Waals surface area contributed by atoms with Crippen molar-refractivity contribution in [3.05, 3.63) is 41.9 Å². The number of ether oxygens (including phenoxy) is 1. The molecule has 0 bridgehead atoms. The number of imidazole rings is 1. The van der Waals surface area contributed by atoms with Crippen LogP contribution in [0, 0.1) is 0 Å². The van der Waals surface area contributed by atoms with Gasteiger partial charge in [-0.15, -0.1) is 0 Å². The van der Waals surface area contributed by atoms with Crippen molar-refractivity contribution < 1.29 is 13.9 Å². The molecule has 2 atom stereocenters. The lowest BCUT2D eigenvalue weighted by Crippen LogP contribution is -2.46. The van der Waals surface area contributed by atoms with E-state index >= 15 is 0 Å². The van der Waals surface area contributed by atoms with Crippen LogP contribution >= 0.6 is 0 Å². The Morgan fingerprint density at radius 2 is 2.44 bits per heavy atom. The second-order valence-electron chi connectivity index (χ2n) is 6.37. The van der Waals surface area contributed by atoms with Crippen LogP contribution in [-0.4, -0.2) is 47.7 Å². The average Bonchev–Trinajstić information content (AvgIpc) is 3.33. The van der Waals surface area contributed by atoms with Crippen molar-refractivity contribution in [3.8, 4) is 0 Å². The zero-order valence-corrected chi connectivity index (χ0v) is 14.8. The number of aromatic amines is 1. The van der Waals surface area contributed by atoms with Crippen molar-refractivity contribution in [2.24, 2.45) is 0 Å². The molecule has 0 saturated carbocycles. The lowest BCUT2D eigenvalue weighted by molar-refractivity contribution is 0.140.